The van der Waals surface area contributed by atoms with E-state index < -0.39 is 5.97 Å². The van der Waals surface area contributed by atoms with Crippen LogP contribution in [-0.4, -0.2) is 5.97 Å². The van der Waals surface area contributed by atoms with Crippen LogP contribution in [0.15, 0.2) is 61.4 Å². The summed E-state index contributed by atoms with van der Waals surface area (Å²) in [6, 6.07) is 9.55. The van der Waals surface area contributed by atoms with E-state index in [4.69, 9.17) is 4.74 Å². The van der Waals surface area contributed by atoms with Gasteiger partial charge in [-0.05, 0) is 11.6 Å². The second-order valence-corrected chi connectivity index (χ2v) is 2.85. The van der Waals surface area contributed by atoms with Crippen molar-refractivity contribution >= 4 is 12.0 Å². The lowest BCUT2D eigenvalue weighted by molar-refractivity contribution is -0.133. The van der Waals surface area contributed by atoms with Gasteiger partial charge >= 0.3 is 5.97 Å². The summed E-state index contributed by atoms with van der Waals surface area (Å²) >= 11 is 0. The average molecular weight is 200 g/mol. The molecular formula is C13H12O2. The SMILES string of the molecule is C=CC(=C)C(=O)OC=Cc1ccccc1. The molecule has 0 saturated heterocycles. The first-order valence-electron chi connectivity index (χ1n) is 4.48. The maximum Gasteiger partial charge on any atom is 0.342 e. The number of rotatable bonds is 4. The van der Waals surface area contributed by atoms with E-state index in [1.165, 1.54) is 12.3 Å². The number of esters is 1. The fraction of sp³-hybridized carbons (Fsp3) is 0. The summed E-state index contributed by atoms with van der Waals surface area (Å²) < 4.78 is 4.81. The molecule has 0 fully saturated rings. The minimum Gasteiger partial charge on any atom is -0.431 e. The van der Waals surface area contributed by atoms with Crippen LogP contribution in [0.25, 0.3) is 6.08 Å². The Morgan fingerprint density at radius 2 is 1.93 bits per heavy atom. The third-order valence-corrected chi connectivity index (χ3v) is 1.74. The molecule has 0 aliphatic rings. The highest BCUT2D eigenvalue weighted by atomic mass is 16.5. The molecule has 0 radical (unpaired) electrons. The quantitative estimate of drug-likeness (QED) is 0.323. The van der Waals surface area contributed by atoms with E-state index in [0.717, 1.165) is 5.56 Å². The zero-order chi connectivity index (χ0) is 11.1. The molecule has 0 saturated carbocycles. The number of ether oxygens (including phenoxy) is 1. The second-order valence-electron chi connectivity index (χ2n) is 2.85. The third-order valence-electron chi connectivity index (χ3n) is 1.74. The van der Waals surface area contributed by atoms with Crippen LogP contribution in [0.2, 0.25) is 0 Å². The zero-order valence-electron chi connectivity index (χ0n) is 8.35. The molecule has 0 spiro atoms. The van der Waals surface area contributed by atoms with Crippen LogP contribution in [0.1, 0.15) is 5.56 Å². The van der Waals surface area contributed by atoms with Gasteiger partial charge in [0.15, 0.2) is 0 Å². The first-order valence-corrected chi connectivity index (χ1v) is 4.48. The van der Waals surface area contributed by atoms with Crippen molar-refractivity contribution in [2.24, 2.45) is 0 Å². The van der Waals surface area contributed by atoms with Gasteiger partial charge in [-0.15, -0.1) is 0 Å². The van der Waals surface area contributed by atoms with Gasteiger partial charge in [0.25, 0.3) is 0 Å². The van der Waals surface area contributed by atoms with E-state index in [1.54, 1.807) is 6.08 Å². The van der Waals surface area contributed by atoms with Crippen LogP contribution < -0.4 is 0 Å². The van der Waals surface area contributed by atoms with Crippen LogP contribution >= 0.6 is 0 Å². The standard InChI is InChI=1S/C13H12O2/c1-3-11(2)13(14)15-10-9-12-7-5-4-6-8-12/h3-10H,1-2H2. The maximum atomic E-state index is 11.1. The molecule has 2 heteroatoms. The molecular weight excluding hydrogens is 188 g/mol. The van der Waals surface area contributed by atoms with Gasteiger partial charge in [-0.1, -0.05) is 49.6 Å². The van der Waals surface area contributed by atoms with E-state index in [-0.39, 0.29) is 5.57 Å². The number of carbonyl (C=O) groups is 1. The van der Waals surface area contributed by atoms with Gasteiger partial charge in [0.05, 0.1) is 11.8 Å². The van der Waals surface area contributed by atoms with Gasteiger partial charge in [0, 0.05) is 0 Å². The Morgan fingerprint density at radius 3 is 2.53 bits per heavy atom. The van der Waals surface area contributed by atoms with Gasteiger partial charge < -0.3 is 4.74 Å². The minimum atomic E-state index is -0.489. The molecule has 0 aliphatic carbocycles. The summed E-state index contributed by atoms with van der Waals surface area (Å²) in [4.78, 5) is 11.1. The second kappa shape index (κ2) is 5.60. The van der Waals surface area contributed by atoms with Crippen LogP contribution in [0.4, 0.5) is 0 Å². The number of benzene rings is 1. The summed E-state index contributed by atoms with van der Waals surface area (Å²) in [7, 11) is 0. The van der Waals surface area contributed by atoms with Crippen molar-refractivity contribution in [3.8, 4) is 0 Å². The minimum absolute atomic E-state index is 0.243. The van der Waals surface area contributed by atoms with Crippen molar-refractivity contribution in [3.05, 3.63) is 67.0 Å². The lowest BCUT2D eigenvalue weighted by atomic mass is 10.2. The Labute approximate surface area is 89.2 Å². The van der Waals surface area contributed by atoms with Crippen molar-refractivity contribution in [1.29, 1.82) is 0 Å². The number of carbonyl (C=O) groups excluding carboxylic acids is 1. The molecule has 15 heavy (non-hydrogen) atoms. The molecule has 1 aromatic carbocycles. The molecule has 1 aromatic rings. The molecule has 0 bridgehead atoms. The number of hydrogen-bond acceptors (Lipinski definition) is 2. The molecule has 2 nitrogen and oxygen atoms in total. The third kappa shape index (κ3) is 3.65. The van der Waals surface area contributed by atoms with E-state index in [0.29, 0.717) is 0 Å². The van der Waals surface area contributed by atoms with Crippen LogP contribution in [0.3, 0.4) is 0 Å². The molecule has 0 unspecified atom stereocenters. The molecule has 1 rings (SSSR count). The molecule has 0 aliphatic heterocycles. The monoisotopic (exact) mass is 200 g/mol. The maximum absolute atomic E-state index is 11.1. The molecule has 0 N–H and O–H groups in total. The molecule has 76 valence electrons. The fourth-order valence-electron chi connectivity index (χ4n) is 0.898. The van der Waals surface area contributed by atoms with Crippen LogP contribution in [0.5, 0.6) is 0 Å². The predicted molar refractivity (Wildman–Crippen MR) is 60.9 cm³/mol. The Hall–Kier alpha value is -2.09. The van der Waals surface area contributed by atoms with Crippen LogP contribution in [-0.2, 0) is 9.53 Å². The van der Waals surface area contributed by atoms with Gasteiger partial charge in [-0.25, -0.2) is 4.79 Å². The fourth-order valence-corrected chi connectivity index (χ4v) is 0.898. The lowest BCUT2D eigenvalue weighted by Gasteiger charge is -1.97. The van der Waals surface area contributed by atoms with Gasteiger partial charge in [-0.2, -0.15) is 0 Å². The van der Waals surface area contributed by atoms with E-state index >= 15 is 0 Å². The van der Waals surface area contributed by atoms with Crippen molar-refractivity contribution < 1.29 is 9.53 Å². The highest BCUT2D eigenvalue weighted by Crippen LogP contribution is 2.02. The molecule has 0 atom stereocenters. The summed E-state index contributed by atoms with van der Waals surface area (Å²) in [5.74, 6) is -0.489. The Balaban J connectivity index is 2.51. The van der Waals surface area contributed by atoms with E-state index in [1.807, 2.05) is 30.3 Å². The van der Waals surface area contributed by atoms with Crippen LogP contribution in [0, 0.1) is 0 Å². The smallest absolute Gasteiger partial charge is 0.342 e. The summed E-state index contributed by atoms with van der Waals surface area (Å²) in [5.41, 5.74) is 1.21. The van der Waals surface area contributed by atoms with Crippen molar-refractivity contribution in [3.63, 3.8) is 0 Å². The Morgan fingerprint density at radius 1 is 1.27 bits per heavy atom. The first kappa shape index (κ1) is 11.0. The highest BCUT2D eigenvalue weighted by Gasteiger charge is 2.00. The largest absolute Gasteiger partial charge is 0.431 e. The van der Waals surface area contributed by atoms with Gasteiger partial charge in [0.2, 0.25) is 0 Å². The Kier molecular flexibility index (Phi) is 4.10. The normalized spacial score (nSPS) is 9.87. The summed E-state index contributed by atoms with van der Waals surface area (Å²) in [6.45, 7) is 6.90. The van der Waals surface area contributed by atoms with E-state index in [9.17, 15) is 4.79 Å². The van der Waals surface area contributed by atoms with E-state index in [2.05, 4.69) is 13.2 Å². The molecule has 0 aromatic heterocycles. The lowest BCUT2D eigenvalue weighted by Crippen LogP contribution is -1.99. The Bertz CT molecular complexity index is 388. The van der Waals surface area contributed by atoms with Crippen molar-refractivity contribution in [2.75, 3.05) is 0 Å². The predicted octanol–water partition coefficient (Wildman–Crippen LogP) is 2.94. The van der Waals surface area contributed by atoms with Gasteiger partial charge in [-0.3, -0.25) is 0 Å². The summed E-state index contributed by atoms with van der Waals surface area (Å²) in [6.07, 6.45) is 4.40. The highest BCUT2D eigenvalue weighted by molar-refractivity contribution is 5.91. The zero-order valence-corrected chi connectivity index (χ0v) is 8.35. The first-order chi connectivity index (χ1) is 7.24. The summed E-state index contributed by atoms with van der Waals surface area (Å²) in [5, 5.41) is 0. The number of hydrogen-bond donors (Lipinski definition) is 0. The average Bonchev–Trinajstić information content (AvgIpc) is 2.29. The van der Waals surface area contributed by atoms with Crippen molar-refractivity contribution in [2.45, 2.75) is 0 Å². The van der Waals surface area contributed by atoms with Crippen molar-refractivity contribution in [1.82, 2.24) is 0 Å². The molecule has 0 heterocycles. The topological polar surface area (TPSA) is 26.3 Å². The molecule has 0 amide bonds. The van der Waals surface area contributed by atoms with Gasteiger partial charge in [0.1, 0.15) is 0 Å².